The van der Waals surface area contributed by atoms with Gasteiger partial charge >= 0.3 is 6.03 Å². The van der Waals surface area contributed by atoms with E-state index in [4.69, 9.17) is 9.47 Å². The number of hydrogen-bond donors (Lipinski definition) is 2. The van der Waals surface area contributed by atoms with Crippen molar-refractivity contribution < 1.29 is 14.3 Å². The predicted octanol–water partition coefficient (Wildman–Crippen LogP) is 2.60. The number of rotatable bonds is 5. The maximum absolute atomic E-state index is 12.2. The average Bonchev–Trinajstić information content (AvgIpc) is 3.16. The zero-order valence-corrected chi connectivity index (χ0v) is 13.7. The summed E-state index contributed by atoms with van der Waals surface area (Å²) in [5.74, 6) is 0. The van der Waals surface area contributed by atoms with Crippen molar-refractivity contribution in [2.75, 3.05) is 6.61 Å². The SMILES string of the molecule is C[C@@H]1OCC[C@@H]1NC(=O)N[C@@H]1CCC[C@@H]1OCc1ccccc1. The zero-order chi connectivity index (χ0) is 16.1. The monoisotopic (exact) mass is 318 g/mol. The summed E-state index contributed by atoms with van der Waals surface area (Å²) in [6, 6.07) is 10.3. The van der Waals surface area contributed by atoms with E-state index in [2.05, 4.69) is 22.8 Å². The first-order valence-corrected chi connectivity index (χ1v) is 8.56. The highest BCUT2D eigenvalue weighted by Gasteiger charge is 2.31. The number of nitrogens with one attached hydrogen (secondary N) is 2. The van der Waals surface area contributed by atoms with E-state index >= 15 is 0 Å². The predicted molar refractivity (Wildman–Crippen MR) is 88.1 cm³/mol. The molecule has 0 radical (unpaired) electrons. The van der Waals surface area contributed by atoms with E-state index in [1.807, 2.05) is 25.1 Å². The Labute approximate surface area is 137 Å². The van der Waals surface area contributed by atoms with Crippen LogP contribution in [0.1, 0.15) is 38.2 Å². The highest BCUT2D eigenvalue weighted by atomic mass is 16.5. The second kappa shape index (κ2) is 7.79. The van der Waals surface area contributed by atoms with Crippen LogP contribution in [-0.2, 0) is 16.1 Å². The van der Waals surface area contributed by atoms with Crippen LogP contribution >= 0.6 is 0 Å². The second-order valence-corrected chi connectivity index (χ2v) is 6.46. The molecule has 0 bridgehead atoms. The molecule has 126 valence electrons. The Morgan fingerprint density at radius 1 is 1.17 bits per heavy atom. The van der Waals surface area contributed by atoms with E-state index < -0.39 is 0 Å². The van der Waals surface area contributed by atoms with Gasteiger partial charge in [-0.1, -0.05) is 30.3 Å². The van der Waals surface area contributed by atoms with Gasteiger partial charge in [0.25, 0.3) is 0 Å². The molecule has 2 N–H and O–H groups in total. The Morgan fingerprint density at radius 3 is 2.70 bits per heavy atom. The van der Waals surface area contributed by atoms with Gasteiger partial charge in [-0.3, -0.25) is 0 Å². The van der Waals surface area contributed by atoms with Gasteiger partial charge in [0.1, 0.15) is 0 Å². The molecular formula is C18H26N2O3. The van der Waals surface area contributed by atoms with E-state index in [9.17, 15) is 4.79 Å². The van der Waals surface area contributed by atoms with Gasteiger partial charge in [0, 0.05) is 6.61 Å². The topological polar surface area (TPSA) is 59.6 Å². The van der Waals surface area contributed by atoms with Crippen molar-refractivity contribution in [3.05, 3.63) is 35.9 Å². The minimum atomic E-state index is -0.104. The number of urea groups is 1. The van der Waals surface area contributed by atoms with Crippen molar-refractivity contribution >= 4 is 6.03 Å². The van der Waals surface area contributed by atoms with E-state index in [1.165, 1.54) is 5.56 Å². The molecule has 1 heterocycles. The van der Waals surface area contributed by atoms with Crippen LogP contribution in [0.15, 0.2) is 30.3 Å². The highest BCUT2D eigenvalue weighted by Crippen LogP contribution is 2.23. The summed E-state index contributed by atoms with van der Waals surface area (Å²) in [6.45, 7) is 3.32. The van der Waals surface area contributed by atoms with Crippen molar-refractivity contribution in [2.24, 2.45) is 0 Å². The minimum absolute atomic E-state index is 0.0921. The molecule has 1 aliphatic carbocycles. The summed E-state index contributed by atoms with van der Waals surface area (Å²) in [5, 5.41) is 6.10. The molecule has 5 nitrogen and oxygen atoms in total. The van der Waals surface area contributed by atoms with Gasteiger partial charge in [-0.25, -0.2) is 4.79 Å². The Morgan fingerprint density at radius 2 is 1.96 bits per heavy atom. The summed E-state index contributed by atoms with van der Waals surface area (Å²) in [6.07, 6.45) is 4.14. The van der Waals surface area contributed by atoms with Crippen molar-refractivity contribution in [2.45, 2.75) is 63.5 Å². The summed E-state index contributed by atoms with van der Waals surface area (Å²) >= 11 is 0. The van der Waals surface area contributed by atoms with Crippen LogP contribution in [-0.4, -0.2) is 36.9 Å². The summed E-state index contributed by atoms with van der Waals surface area (Å²) in [4.78, 5) is 12.2. The Balaban J connectivity index is 1.45. The largest absolute Gasteiger partial charge is 0.376 e. The van der Waals surface area contributed by atoms with Crippen LogP contribution in [0.25, 0.3) is 0 Å². The van der Waals surface area contributed by atoms with Gasteiger partial charge in [-0.05, 0) is 38.2 Å². The third-order valence-corrected chi connectivity index (χ3v) is 4.77. The number of benzene rings is 1. The first kappa shape index (κ1) is 16.3. The Kier molecular flexibility index (Phi) is 5.51. The molecule has 23 heavy (non-hydrogen) atoms. The van der Waals surface area contributed by atoms with Crippen LogP contribution in [0.4, 0.5) is 4.79 Å². The number of hydrogen-bond acceptors (Lipinski definition) is 3. The fraction of sp³-hybridized carbons (Fsp3) is 0.611. The van der Waals surface area contributed by atoms with Crippen LogP contribution in [0.5, 0.6) is 0 Å². The molecule has 2 fully saturated rings. The van der Waals surface area contributed by atoms with E-state index in [0.717, 1.165) is 32.3 Å². The van der Waals surface area contributed by atoms with Crippen LogP contribution < -0.4 is 10.6 Å². The van der Waals surface area contributed by atoms with Gasteiger partial charge in [-0.15, -0.1) is 0 Å². The van der Waals surface area contributed by atoms with Gasteiger partial charge in [0.05, 0.1) is 30.9 Å². The molecule has 0 aromatic heterocycles. The van der Waals surface area contributed by atoms with Crippen molar-refractivity contribution in [1.82, 2.24) is 10.6 Å². The van der Waals surface area contributed by atoms with Gasteiger partial charge in [0.2, 0.25) is 0 Å². The van der Waals surface area contributed by atoms with Crippen LogP contribution in [0.2, 0.25) is 0 Å². The van der Waals surface area contributed by atoms with Crippen molar-refractivity contribution in [1.29, 1.82) is 0 Å². The minimum Gasteiger partial charge on any atom is -0.376 e. The fourth-order valence-electron chi connectivity index (χ4n) is 3.37. The molecule has 2 amide bonds. The van der Waals surface area contributed by atoms with Crippen molar-refractivity contribution in [3.8, 4) is 0 Å². The molecular weight excluding hydrogens is 292 g/mol. The van der Waals surface area contributed by atoms with Crippen LogP contribution in [0.3, 0.4) is 0 Å². The number of amides is 2. The highest BCUT2D eigenvalue weighted by molar-refractivity contribution is 5.74. The quantitative estimate of drug-likeness (QED) is 0.877. The standard InChI is InChI=1S/C18H26N2O3/c1-13-15(10-11-22-13)19-18(21)20-16-8-5-9-17(16)23-12-14-6-3-2-4-7-14/h2-4,6-7,13,15-17H,5,8-12H2,1H3,(H2,19,20,21)/t13-,15-,16+,17-/m0/s1. The molecule has 5 heteroatoms. The van der Waals surface area contributed by atoms with Gasteiger partial charge < -0.3 is 20.1 Å². The summed E-state index contributed by atoms with van der Waals surface area (Å²) in [5.41, 5.74) is 1.17. The smallest absolute Gasteiger partial charge is 0.315 e. The molecule has 1 saturated heterocycles. The van der Waals surface area contributed by atoms with Crippen LogP contribution in [0, 0.1) is 0 Å². The summed E-state index contributed by atoms with van der Waals surface area (Å²) in [7, 11) is 0. The lowest BCUT2D eigenvalue weighted by Crippen LogP contribution is -2.50. The first-order valence-electron chi connectivity index (χ1n) is 8.56. The molecule has 3 rings (SSSR count). The Hall–Kier alpha value is -1.59. The normalized spacial score (nSPS) is 30.3. The lowest BCUT2D eigenvalue weighted by molar-refractivity contribution is 0.0299. The fourth-order valence-corrected chi connectivity index (χ4v) is 3.37. The molecule has 1 aromatic rings. The molecule has 0 unspecified atom stereocenters. The maximum atomic E-state index is 12.2. The first-order chi connectivity index (χ1) is 11.2. The molecule has 1 aliphatic heterocycles. The second-order valence-electron chi connectivity index (χ2n) is 6.46. The van der Waals surface area contributed by atoms with E-state index in [1.54, 1.807) is 0 Å². The number of ether oxygens (including phenoxy) is 2. The Bertz CT molecular complexity index is 508. The number of carbonyl (C=O) groups excluding carboxylic acids is 1. The third-order valence-electron chi connectivity index (χ3n) is 4.77. The van der Waals surface area contributed by atoms with E-state index in [-0.39, 0.29) is 30.3 Å². The van der Waals surface area contributed by atoms with Gasteiger partial charge in [0.15, 0.2) is 0 Å². The van der Waals surface area contributed by atoms with Crippen molar-refractivity contribution in [3.63, 3.8) is 0 Å². The lowest BCUT2D eigenvalue weighted by Gasteiger charge is -2.23. The van der Waals surface area contributed by atoms with E-state index in [0.29, 0.717) is 6.61 Å². The summed E-state index contributed by atoms with van der Waals surface area (Å²) < 4.78 is 11.5. The molecule has 4 atom stereocenters. The molecule has 1 aromatic carbocycles. The number of carbonyl (C=O) groups is 1. The maximum Gasteiger partial charge on any atom is 0.315 e. The third kappa shape index (κ3) is 4.45. The molecule has 1 saturated carbocycles. The molecule has 2 aliphatic rings. The average molecular weight is 318 g/mol. The lowest BCUT2D eigenvalue weighted by atomic mass is 10.1. The zero-order valence-electron chi connectivity index (χ0n) is 13.7. The van der Waals surface area contributed by atoms with Gasteiger partial charge in [-0.2, -0.15) is 0 Å². The molecule has 0 spiro atoms.